The van der Waals surface area contributed by atoms with Crippen molar-refractivity contribution >= 4 is 54.5 Å². The van der Waals surface area contributed by atoms with Gasteiger partial charge in [-0.3, -0.25) is 0 Å². The summed E-state index contributed by atoms with van der Waals surface area (Å²) in [4.78, 5) is 0. The van der Waals surface area contributed by atoms with Crippen LogP contribution in [0.4, 0.5) is 8.78 Å². The lowest BCUT2D eigenvalue weighted by atomic mass is 10.3. The minimum absolute atomic E-state index is 0.120. The Hall–Kier alpha value is 0.770. The van der Waals surface area contributed by atoms with E-state index in [0.29, 0.717) is 8.04 Å². The number of hydrogen-bond donors (Lipinski definition) is 0. The molecule has 0 saturated carbocycles. The van der Waals surface area contributed by atoms with Crippen LogP contribution < -0.4 is 0 Å². The minimum atomic E-state index is -0.602. The molecule has 0 bridgehead atoms. The standard InChI is InChI=1S/C6HBr2F2I/c7-2-1-3(9)4(8)5(10)6(2)11/h1H. The Balaban J connectivity index is 3.46. The topological polar surface area (TPSA) is 0 Å². The van der Waals surface area contributed by atoms with Crippen molar-refractivity contribution < 1.29 is 8.78 Å². The number of rotatable bonds is 0. The first kappa shape index (κ1) is 9.85. The smallest absolute Gasteiger partial charge is 0.154 e. The van der Waals surface area contributed by atoms with Gasteiger partial charge in [-0.25, -0.2) is 8.78 Å². The molecular weight excluding hydrogens is 397 g/mol. The Morgan fingerprint density at radius 1 is 1.27 bits per heavy atom. The molecule has 0 fully saturated rings. The molecule has 1 aromatic rings. The van der Waals surface area contributed by atoms with Crippen LogP contribution in [0.3, 0.4) is 0 Å². The highest BCUT2D eigenvalue weighted by molar-refractivity contribution is 14.1. The Labute approximate surface area is 92.8 Å². The fourth-order valence-corrected chi connectivity index (χ4v) is 2.03. The van der Waals surface area contributed by atoms with Crippen LogP contribution in [0.25, 0.3) is 0 Å². The van der Waals surface area contributed by atoms with Gasteiger partial charge in [-0.1, -0.05) is 0 Å². The van der Waals surface area contributed by atoms with Crippen LogP contribution in [0, 0.1) is 15.2 Å². The first-order chi connectivity index (χ1) is 5.04. The maximum absolute atomic E-state index is 12.9. The van der Waals surface area contributed by atoms with Gasteiger partial charge >= 0.3 is 0 Å². The predicted octanol–water partition coefficient (Wildman–Crippen LogP) is 4.09. The molecule has 1 aromatic carbocycles. The highest BCUT2D eigenvalue weighted by atomic mass is 127. The third kappa shape index (κ3) is 1.92. The molecule has 0 aliphatic heterocycles. The molecule has 0 radical (unpaired) electrons. The molecule has 0 heterocycles. The second-order valence-corrected chi connectivity index (χ2v) is 4.51. The fourth-order valence-electron chi connectivity index (χ4n) is 0.544. The van der Waals surface area contributed by atoms with Gasteiger partial charge in [-0.2, -0.15) is 0 Å². The number of hydrogen-bond acceptors (Lipinski definition) is 0. The second-order valence-electron chi connectivity index (χ2n) is 1.78. The summed E-state index contributed by atoms with van der Waals surface area (Å²) in [6.45, 7) is 0. The molecule has 0 nitrogen and oxygen atoms in total. The highest BCUT2D eigenvalue weighted by Crippen LogP contribution is 2.29. The summed E-state index contributed by atoms with van der Waals surface area (Å²) in [5, 5.41) is 0. The summed E-state index contributed by atoms with van der Waals surface area (Å²) < 4.78 is 26.3. The number of halogens is 5. The Bertz CT molecular complexity index is 275. The van der Waals surface area contributed by atoms with Crippen LogP contribution >= 0.6 is 54.5 Å². The molecule has 0 spiro atoms. The van der Waals surface area contributed by atoms with Crippen molar-refractivity contribution in [3.63, 3.8) is 0 Å². The zero-order valence-corrected chi connectivity index (χ0v) is 10.3. The lowest BCUT2D eigenvalue weighted by Crippen LogP contribution is -1.89. The van der Waals surface area contributed by atoms with E-state index in [-0.39, 0.29) is 4.47 Å². The van der Waals surface area contributed by atoms with Crippen molar-refractivity contribution in [3.8, 4) is 0 Å². The van der Waals surface area contributed by atoms with Crippen molar-refractivity contribution in [2.75, 3.05) is 0 Å². The Morgan fingerprint density at radius 3 is 2.36 bits per heavy atom. The molecule has 0 aliphatic rings. The van der Waals surface area contributed by atoms with Crippen LogP contribution in [-0.2, 0) is 0 Å². The van der Waals surface area contributed by atoms with Crippen LogP contribution in [0.15, 0.2) is 15.0 Å². The SMILES string of the molecule is Fc1cc(Br)c(I)c(F)c1Br. The molecule has 0 aliphatic carbocycles. The maximum Gasteiger partial charge on any atom is 0.154 e. The van der Waals surface area contributed by atoms with Crippen LogP contribution in [-0.4, -0.2) is 0 Å². The summed E-state index contributed by atoms with van der Waals surface area (Å²) in [5.74, 6) is -1.17. The molecule has 0 unspecified atom stereocenters. The van der Waals surface area contributed by atoms with Gasteiger partial charge in [0.25, 0.3) is 0 Å². The van der Waals surface area contributed by atoms with Crippen molar-refractivity contribution in [1.82, 2.24) is 0 Å². The van der Waals surface area contributed by atoms with Crippen LogP contribution in [0.1, 0.15) is 0 Å². The number of benzene rings is 1. The first-order valence-electron chi connectivity index (χ1n) is 2.52. The van der Waals surface area contributed by atoms with E-state index in [9.17, 15) is 8.78 Å². The summed E-state index contributed by atoms with van der Waals surface area (Å²) in [6.07, 6.45) is 0. The minimum Gasteiger partial charge on any atom is -0.206 e. The van der Waals surface area contributed by atoms with E-state index in [1.807, 2.05) is 0 Å². The van der Waals surface area contributed by atoms with E-state index in [4.69, 9.17) is 0 Å². The molecule has 5 heteroatoms. The summed E-state index contributed by atoms with van der Waals surface area (Å²) >= 11 is 7.60. The normalized spacial score (nSPS) is 10.3. The molecule has 0 amide bonds. The molecular formula is C6HBr2F2I. The fraction of sp³-hybridized carbons (Fsp3) is 0. The van der Waals surface area contributed by atoms with E-state index in [2.05, 4.69) is 31.9 Å². The third-order valence-electron chi connectivity index (χ3n) is 1.06. The average Bonchev–Trinajstić information content (AvgIpc) is 1.97. The van der Waals surface area contributed by atoms with Crippen molar-refractivity contribution in [2.24, 2.45) is 0 Å². The summed E-state index contributed by atoms with van der Waals surface area (Å²) in [5.41, 5.74) is 0. The largest absolute Gasteiger partial charge is 0.206 e. The predicted molar refractivity (Wildman–Crippen MR) is 54.5 cm³/mol. The van der Waals surface area contributed by atoms with Crippen LogP contribution in [0.2, 0.25) is 0 Å². The zero-order valence-electron chi connectivity index (χ0n) is 4.97. The molecule has 0 aromatic heterocycles. The van der Waals surface area contributed by atoms with Gasteiger partial charge in [0, 0.05) is 4.47 Å². The van der Waals surface area contributed by atoms with Crippen molar-refractivity contribution in [1.29, 1.82) is 0 Å². The van der Waals surface area contributed by atoms with Gasteiger partial charge in [0.05, 0.1) is 8.04 Å². The third-order valence-corrected chi connectivity index (χ3v) is 4.21. The first-order valence-corrected chi connectivity index (χ1v) is 5.19. The van der Waals surface area contributed by atoms with Gasteiger partial charge in [0.2, 0.25) is 0 Å². The molecule has 0 N–H and O–H groups in total. The second kappa shape index (κ2) is 3.66. The molecule has 0 saturated heterocycles. The van der Waals surface area contributed by atoms with E-state index >= 15 is 0 Å². The Kier molecular flexibility index (Phi) is 3.27. The van der Waals surface area contributed by atoms with E-state index < -0.39 is 11.6 Å². The monoisotopic (exact) mass is 396 g/mol. The lowest BCUT2D eigenvalue weighted by Gasteiger charge is -2.01. The molecule has 0 atom stereocenters. The summed E-state index contributed by atoms with van der Waals surface area (Å²) in [6, 6.07) is 1.22. The van der Waals surface area contributed by atoms with Gasteiger partial charge in [-0.05, 0) is 60.5 Å². The zero-order chi connectivity index (χ0) is 8.59. The maximum atomic E-state index is 12.9. The highest BCUT2D eigenvalue weighted by Gasteiger charge is 2.12. The molecule has 60 valence electrons. The van der Waals surface area contributed by atoms with Gasteiger partial charge < -0.3 is 0 Å². The van der Waals surface area contributed by atoms with Crippen LogP contribution in [0.5, 0.6) is 0 Å². The van der Waals surface area contributed by atoms with Crippen molar-refractivity contribution in [2.45, 2.75) is 0 Å². The van der Waals surface area contributed by atoms with Gasteiger partial charge in [0.15, 0.2) is 5.82 Å². The van der Waals surface area contributed by atoms with E-state index in [1.54, 1.807) is 22.6 Å². The Morgan fingerprint density at radius 2 is 1.82 bits per heavy atom. The van der Waals surface area contributed by atoms with Crippen molar-refractivity contribution in [3.05, 3.63) is 30.2 Å². The lowest BCUT2D eigenvalue weighted by molar-refractivity contribution is 0.565. The molecule has 11 heavy (non-hydrogen) atoms. The van der Waals surface area contributed by atoms with Gasteiger partial charge in [-0.15, -0.1) is 0 Å². The molecule has 1 rings (SSSR count). The summed E-state index contributed by atoms with van der Waals surface area (Å²) in [7, 11) is 0. The average molecular weight is 398 g/mol. The van der Waals surface area contributed by atoms with Gasteiger partial charge in [0.1, 0.15) is 5.82 Å². The quantitative estimate of drug-likeness (QED) is 0.351. The van der Waals surface area contributed by atoms with E-state index in [0.717, 1.165) is 0 Å². The van der Waals surface area contributed by atoms with E-state index in [1.165, 1.54) is 6.07 Å².